The standard InChI is InChI=1S/C28H32N2O5S/c1-6-23(21-10-14-25(34-5)20(4)16-21)29-28(31)27-17-30(24-13-9-19(3)15-26(24)35-27)36(32,33)22-11-7-18(2)8-12-22/h7-16,23,27H,6,17H2,1-5H3,(H,29,31)/t23-,27-/m0/s1. The van der Waals surface area contributed by atoms with Crippen LogP contribution in [0.3, 0.4) is 0 Å². The van der Waals surface area contributed by atoms with Crippen LogP contribution in [-0.4, -0.2) is 34.1 Å². The summed E-state index contributed by atoms with van der Waals surface area (Å²) in [7, 11) is -2.29. The van der Waals surface area contributed by atoms with Crippen molar-refractivity contribution in [2.75, 3.05) is 18.0 Å². The number of methoxy groups -OCH3 is 1. The van der Waals surface area contributed by atoms with Gasteiger partial charge >= 0.3 is 0 Å². The first-order chi connectivity index (χ1) is 17.1. The zero-order valence-electron chi connectivity index (χ0n) is 21.2. The van der Waals surface area contributed by atoms with E-state index in [2.05, 4.69) is 5.32 Å². The molecule has 3 aromatic carbocycles. The van der Waals surface area contributed by atoms with Crippen LogP contribution in [0, 0.1) is 20.8 Å². The second-order valence-electron chi connectivity index (χ2n) is 9.13. The Morgan fingerprint density at radius 2 is 1.75 bits per heavy atom. The van der Waals surface area contributed by atoms with Gasteiger partial charge in [0.15, 0.2) is 6.10 Å². The molecule has 2 atom stereocenters. The molecule has 8 heteroatoms. The number of hydrogen-bond donors (Lipinski definition) is 1. The summed E-state index contributed by atoms with van der Waals surface area (Å²) in [5, 5.41) is 3.06. The predicted molar refractivity (Wildman–Crippen MR) is 140 cm³/mol. The van der Waals surface area contributed by atoms with E-state index in [-0.39, 0.29) is 23.4 Å². The van der Waals surface area contributed by atoms with Crippen molar-refractivity contribution in [2.24, 2.45) is 0 Å². The van der Waals surface area contributed by atoms with Gasteiger partial charge in [0.1, 0.15) is 11.5 Å². The SMILES string of the molecule is CC[C@H](NC(=O)[C@@H]1CN(S(=O)(=O)c2ccc(C)cc2)c2ccc(C)cc2O1)c1ccc(OC)c(C)c1. The molecule has 0 fully saturated rings. The van der Waals surface area contributed by atoms with Crippen LogP contribution in [0.15, 0.2) is 65.6 Å². The van der Waals surface area contributed by atoms with Gasteiger partial charge in [-0.25, -0.2) is 8.42 Å². The first kappa shape index (κ1) is 25.6. The second-order valence-corrected chi connectivity index (χ2v) is 11.0. The second kappa shape index (κ2) is 10.2. The molecule has 1 N–H and O–H groups in total. The minimum atomic E-state index is -3.91. The Balaban J connectivity index is 1.64. The van der Waals surface area contributed by atoms with Crippen molar-refractivity contribution in [3.05, 3.63) is 82.9 Å². The lowest BCUT2D eigenvalue weighted by Gasteiger charge is -2.35. The van der Waals surface area contributed by atoms with Crippen LogP contribution in [0.5, 0.6) is 11.5 Å². The molecule has 36 heavy (non-hydrogen) atoms. The average Bonchev–Trinajstić information content (AvgIpc) is 2.86. The number of carbonyl (C=O) groups is 1. The largest absolute Gasteiger partial charge is 0.496 e. The van der Waals surface area contributed by atoms with E-state index in [0.717, 1.165) is 28.0 Å². The Kier molecular flexibility index (Phi) is 7.26. The van der Waals surface area contributed by atoms with Crippen molar-refractivity contribution in [1.82, 2.24) is 5.32 Å². The summed E-state index contributed by atoms with van der Waals surface area (Å²) in [6, 6.07) is 17.5. The normalized spacial score (nSPS) is 16.0. The Hall–Kier alpha value is -3.52. The van der Waals surface area contributed by atoms with Gasteiger partial charge in [0, 0.05) is 0 Å². The number of nitrogens with one attached hydrogen (secondary N) is 1. The van der Waals surface area contributed by atoms with Crippen LogP contribution < -0.4 is 19.1 Å². The molecule has 3 aromatic rings. The monoisotopic (exact) mass is 508 g/mol. The summed E-state index contributed by atoms with van der Waals surface area (Å²) in [5.41, 5.74) is 4.20. The summed E-state index contributed by atoms with van der Waals surface area (Å²) < 4.78 is 40.0. The fourth-order valence-corrected chi connectivity index (χ4v) is 5.84. The molecular weight excluding hydrogens is 476 g/mol. The number of benzene rings is 3. The number of rotatable bonds is 7. The maximum atomic E-state index is 13.6. The number of hydrogen-bond acceptors (Lipinski definition) is 5. The molecule has 0 saturated heterocycles. The molecule has 0 aliphatic carbocycles. The molecule has 0 spiro atoms. The number of nitrogens with zero attached hydrogens (tertiary/aromatic N) is 1. The fourth-order valence-electron chi connectivity index (χ4n) is 4.37. The maximum Gasteiger partial charge on any atom is 0.264 e. The zero-order valence-corrected chi connectivity index (χ0v) is 22.1. The summed E-state index contributed by atoms with van der Waals surface area (Å²) in [5.74, 6) is 0.775. The highest BCUT2D eigenvalue weighted by Crippen LogP contribution is 2.38. The van der Waals surface area contributed by atoms with Crippen molar-refractivity contribution >= 4 is 21.6 Å². The van der Waals surface area contributed by atoms with Crippen LogP contribution in [0.4, 0.5) is 5.69 Å². The van der Waals surface area contributed by atoms with Gasteiger partial charge in [0.25, 0.3) is 15.9 Å². The van der Waals surface area contributed by atoms with Crippen molar-refractivity contribution in [1.29, 1.82) is 0 Å². The fraction of sp³-hybridized carbons (Fsp3) is 0.321. The Labute approximate surface area is 213 Å². The lowest BCUT2D eigenvalue weighted by molar-refractivity contribution is -0.128. The summed E-state index contributed by atoms with van der Waals surface area (Å²) >= 11 is 0. The molecule has 1 amide bonds. The predicted octanol–water partition coefficient (Wildman–Crippen LogP) is 4.84. The summed E-state index contributed by atoms with van der Waals surface area (Å²) in [6.45, 7) is 7.60. The molecule has 4 rings (SSSR count). The highest BCUT2D eigenvalue weighted by molar-refractivity contribution is 7.92. The van der Waals surface area contributed by atoms with E-state index >= 15 is 0 Å². The van der Waals surface area contributed by atoms with Gasteiger partial charge in [-0.15, -0.1) is 0 Å². The third-order valence-electron chi connectivity index (χ3n) is 6.43. The number of sulfonamides is 1. The molecule has 7 nitrogen and oxygen atoms in total. The van der Waals surface area contributed by atoms with Crippen molar-refractivity contribution in [2.45, 2.75) is 51.2 Å². The number of carbonyl (C=O) groups excluding carboxylic acids is 1. The molecule has 190 valence electrons. The smallest absolute Gasteiger partial charge is 0.264 e. The van der Waals surface area contributed by atoms with Crippen LogP contribution in [0.1, 0.15) is 41.6 Å². The Bertz CT molecular complexity index is 1370. The first-order valence-electron chi connectivity index (χ1n) is 12.0. The molecule has 0 unspecified atom stereocenters. The van der Waals surface area contributed by atoms with Crippen molar-refractivity contribution in [3.63, 3.8) is 0 Å². The van der Waals surface area contributed by atoms with Gasteiger partial charge in [-0.1, -0.05) is 42.8 Å². The topological polar surface area (TPSA) is 84.9 Å². The average molecular weight is 509 g/mol. The van der Waals surface area contributed by atoms with Crippen LogP contribution >= 0.6 is 0 Å². The van der Waals surface area contributed by atoms with Crippen molar-refractivity contribution < 1.29 is 22.7 Å². The minimum absolute atomic E-state index is 0.129. The van der Waals surface area contributed by atoms with Crippen LogP contribution in [-0.2, 0) is 14.8 Å². The highest BCUT2D eigenvalue weighted by atomic mass is 32.2. The van der Waals surface area contributed by atoms with E-state index < -0.39 is 16.1 Å². The van der Waals surface area contributed by atoms with Gasteiger partial charge in [-0.2, -0.15) is 0 Å². The lowest BCUT2D eigenvalue weighted by Crippen LogP contribution is -2.51. The molecule has 0 aromatic heterocycles. The number of fused-ring (bicyclic) bond motifs is 1. The van der Waals surface area contributed by atoms with E-state index in [9.17, 15) is 13.2 Å². The molecule has 0 saturated carbocycles. The first-order valence-corrected chi connectivity index (χ1v) is 13.4. The highest BCUT2D eigenvalue weighted by Gasteiger charge is 2.38. The lowest BCUT2D eigenvalue weighted by atomic mass is 10.0. The Morgan fingerprint density at radius 3 is 2.39 bits per heavy atom. The summed E-state index contributed by atoms with van der Waals surface area (Å²) in [4.78, 5) is 13.6. The van der Waals surface area contributed by atoms with E-state index in [0.29, 0.717) is 17.9 Å². The van der Waals surface area contributed by atoms with E-state index in [4.69, 9.17) is 9.47 Å². The van der Waals surface area contributed by atoms with Crippen LogP contribution in [0.2, 0.25) is 0 Å². The quantitative estimate of drug-likeness (QED) is 0.494. The number of amides is 1. The van der Waals surface area contributed by atoms with E-state index in [1.165, 1.54) is 4.31 Å². The van der Waals surface area contributed by atoms with E-state index in [1.807, 2.05) is 52.0 Å². The minimum Gasteiger partial charge on any atom is -0.496 e. The van der Waals surface area contributed by atoms with Gasteiger partial charge < -0.3 is 14.8 Å². The van der Waals surface area contributed by atoms with Gasteiger partial charge in [0.2, 0.25) is 0 Å². The zero-order chi connectivity index (χ0) is 26.0. The number of ether oxygens (including phenoxy) is 2. The van der Waals surface area contributed by atoms with Gasteiger partial charge in [-0.05, 0) is 74.2 Å². The summed E-state index contributed by atoms with van der Waals surface area (Å²) in [6.07, 6.45) is -0.349. The third-order valence-corrected chi connectivity index (χ3v) is 8.23. The van der Waals surface area contributed by atoms with Gasteiger partial charge in [-0.3, -0.25) is 9.10 Å². The molecule has 0 radical (unpaired) electrons. The van der Waals surface area contributed by atoms with Crippen molar-refractivity contribution in [3.8, 4) is 11.5 Å². The molecule has 1 aliphatic rings. The molecule has 1 heterocycles. The molecule has 0 bridgehead atoms. The number of anilines is 1. The molecule has 1 aliphatic heterocycles. The number of aryl methyl sites for hydroxylation is 3. The van der Waals surface area contributed by atoms with Gasteiger partial charge in [0.05, 0.1) is 30.3 Å². The molecular formula is C28H32N2O5S. The maximum absolute atomic E-state index is 13.6. The Morgan fingerprint density at radius 1 is 1.06 bits per heavy atom. The van der Waals surface area contributed by atoms with Crippen LogP contribution in [0.25, 0.3) is 0 Å². The third kappa shape index (κ3) is 5.04. The van der Waals surface area contributed by atoms with E-state index in [1.54, 1.807) is 43.5 Å².